The van der Waals surface area contributed by atoms with E-state index < -0.39 is 0 Å². The maximum atomic E-state index is 4.66. The van der Waals surface area contributed by atoms with E-state index >= 15 is 0 Å². The quantitative estimate of drug-likeness (QED) is 0.652. The fourth-order valence-electron chi connectivity index (χ4n) is 2.20. The Morgan fingerprint density at radius 3 is 2.67 bits per heavy atom. The van der Waals surface area contributed by atoms with Crippen LogP contribution in [0.15, 0.2) is 47.2 Å². The van der Waals surface area contributed by atoms with Crippen molar-refractivity contribution in [3.63, 3.8) is 0 Å². The molecule has 0 saturated carbocycles. The molecule has 0 aliphatic carbocycles. The Balaban J connectivity index is 2.19. The third-order valence-corrected chi connectivity index (χ3v) is 3.54. The summed E-state index contributed by atoms with van der Waals surface area (Å²) in [6, 6.07) is 10.5. The summed E-state index contributed by atoms with van der Waals surface area (Å²) in [6.45, 7) is 4.24. The molecule has 0 saturated heterocycles. The van der Waals surface area contributed by atoms with Gasteiger partial charge in [0.05, 0.1) is 5.69 Å². The molecule has 0 radical (unpaired) electrons. The van der Waals surface area contributed by atoms with Gasteiger partial charge in [0.2, 0.25) is 0 Å². The molecule has 3 rings (SSSR count). The van der Waals surface area contributed by atoms with E-state index in [1.54, 1.807) is 0 Å². The van der Waals surface area contributed by atoms with E-state index in [0.29, 0.717) is 0 Å². The lowest BCUT2D eigenvalue weighted by molar-refractivity contribution is 1.17. The molecule has 2 aromatic heterocycles. The molecule has 0 unspecified atom stereocenters. The van der Waals surface area contributed by atoms with Gasteiger partial charge in [-0.3, -0.25) is 0 Å². The fraction of sp³-hybridized carbons (Fsp3) is 0.133. The van der Waals surface area contributed by atoms with Crippen LogP contribution in [0.25, 0.3) is 16.9 Å². The molecule has 0 spiro atoms. The molecule has 0 atom stereocenters. The van der Waals surface area contributed by atoms with Crippen molar-refractivity contribution in [3.8, 4) is 11.3 Å². The molecule has 3 heteroatoms. The lowest BCUT2D eigenvalue weighted by Gasteiger charge is -2.02. The molecule has 18 heavy (non-hydrogen) atoms. The number of fused-ring (bicyclic) bond motifs is 1. The van der Waals surface area contributed by atoms with Crippen LogP contribution < -0.4 is 0 Å². The zero-order valence-corrected chi connectivity index (χ0v) is 11.9. The average Bonchev–Trinajstić information content (AvgIpc) is 2.71. The lowest BCUT2D eigenvalue weighted by Crippen LogP contribution is -1.84. The smallest absolute Gasteiger partial charge is 0.137 e. The van der Waals surface area contributed by atoms with E-state index in [4.69, 9.17) is 0 Å². The summed E-state index contributed by atoms with van der Waals surface area (Å²) in [7, 11) is 0. The molecule has 0 fully saturated rings. The second kappa shape index (κ2) is 4.25. The first-order chi connectivity index (χ1) is 8.63. The van der Waals surface area contributed by atoms with Crippen molar-refractivity contribution in [2.75, 3.05) is 0 Å². The van der Waals surface area contributed by atoms with E-state index in [2.05, 4.69) is 59.2 Å². The first kappa shape index (κ1) is 11.5. The Bertz CT molecular complexity index is 728. The summed E-state index contributed by atoms with van der Waals surface area (Å²) in [5, 5.41) is 0. The number of hydrogen-bond donors (Lipinski definition) is 0. The third kappa shape index (κ3) is 1.95. The summed E-state index contributed by atoms with van der Waals surface area (Å²) in [5.41, 5.74) is 5.72. The van der Waals surface area contributed by atoms with Crippen LogP contribution >= 0.6 is 15.9 Å². The van der Waals surface area contributed by atoms with Crippen molar-refractivity contribution in [2.24, 2.45) is 0 Å². The Labute approximate surface area is 114 Å². The van der Waals surface area contributed by atoms with Crippen LogP contribution in [0.2, 0.25) is 0 Å². The number of aryl methyl sites for hydroxylation is 2. The van der Waals surface area contributed by atoms with E-state index in [-0.39, 0.29) is 0 Å². The van der Waals surface area contributed by atoms with Crippen molar-refractivity contribution in [1.82, 2.24) is 9.38 Å². The van der Waals surface area contributed by atoms with Crippen LogP contribution in [0.5, 0.6) is 0 Å². The molecule has 0 N–H and O–H groups in total. The van der Waals surface area contributed by atoms with Gasteiger partial charge in [0, 0.05) is 22.4 Å². The van der Waals surface area contributed by atoms with Gasteiger partial charge in [-0.15, -0.1) is 0 Å². The standard InChI is InChI=1S/C15H13BrN2/c1-10-3-5-13(11(2)7-10)14-9-18-8-12(16)4-6-15(18)17-14/h3-9H,1-2H3. The van der Waals surface area contributed by atoms with Crippen LogP contribution in [-0.2, 0) is 0 Å². The second-order valence-corrected chi connectivity index (χ2v) is 5.47. The second-order valence-electron chi connectivity index (χ2n) is 4.56. The number of nitrogens with zero attached hydrogens (tertiary/aromatic N) is 2. The summed E-state index contributed by atoms with van der Waals surface area (Å²) in [5.74, 6) is 0. The minimum Gasteiger partial charge on any atom is -0.305 e. The maximum Gasteiger partial charge on any atom is 0.137 e. The minimum absolute atomic E-state index is 0.966. The predicted octanol–water partition coefficient (Wildman–Crippen LogP) is 4.38. The Hall–Kier alpha value is -1.61. The zero-order valence-electron chi connectivity index (χ0n) is 10.3. The molecule has 1 aromatic carbocycles. The molecule has 0 amide bonds. The third-order valence-electron chi connectivity index (χ3n) is 3.07. The van der Waals surface area contributed by atoms with E-state index in [1.165, 1.54) is 16.7 Å². The number of benzene rings is 1. The molecular weight excluding hydrogens is 288 g/mol. The van der Waals surface area contributed by atoms with Crippen LogP contribution in [0.4, 0.5) is 0 Å². The number of pyridine rings is 1. The average molecular weight is 301 g/mol. The number of imidazole rings is 1. The first-order valence-corrected chi connectivity index (χ1v) is 6.65. The molecule has 0 aliphatic heterocycles. The van der Waals surface area contributed by atoms with E-state index in [0.717, 1.165) is 15.8 Å². The highest BCUT2D eigenvalue weighted by Gasteiger charge is 2.07. The Kier molecular flexibility index (Phi) is 2.71. The van der Waals surface area contributed by atoms with Crippen LogP contribution in [0, 0.1) is 13.8 Å². The molecule has 0 aliphatic rings. The van der Waals surface area contributed by atoms with Gasteiger partial charge in [-0.1, -0.05) is 23.8 Å². The van der Waals surface area contributed by atoms with Crippen molar-refractivity contribution in [1.29, 1.82) is 0 Å². The SMILES string of the molecule is Cc1ccc(-c2cn3cc(Br)ccc3n2)c(C)c1. The van der Waals surface area contributed by atoms with Crippen LogP contribution in [0.1, 0.15) is 11.1 Å². The largest absolute Gasteiger partial charge is 0.305 e. The monoisotopic (exact) mass is 300 g/mol. The number of halogens is 1. The number of rotatable bonds is 1. The lowest BCUT2D eigenvalue weighted by atomic mass is 10.0. The number of hydrogen-bond acceptors (Lipinski definition) is 1. The molecular formula is C15H13BrN2. The van der Waals surface area contributed by atoms with Crippen molar-refractivity contribution in [3.05, 3.63) is 58.3 Å². The van der Waals surface area contributed by atoms with Gasteiger partial charge in [0.15, 0.2) is 0 Å². The zero-order chi connectivity index (χ0) is 12.7. The first-order valence-electron chi connectivity index (χ1n) is 5.85. The topological polar surface area (TPSA) is 17.3 Å². The highest BCUT2D eigenvalue weighted by Crippen LogP contribution is 2.24. The normalized spacial score (nSPS) is 11.1. The van der Waals surface area contributed by atoms with Gasteiger partial charge in [0.1, 0.15) is 5.65 Å². The highest BCUT2D eigenvalue weighted by molar-refractivity contribution is 9.10. The summed E-state index contributed by atoms with van der Waals surface area (Å²) in [6.07, 6.45) is 4.09. The summed E-state index contributed by atoms with van der Waals surface area (Å²) >= 11 is 3.47. The maximum absolute atomic E-state index is 4.66. The van der Waals surface area contributed by atoms with Gasteiger partial charge in [-0.05, 0) is 47.5 Å². The van der Waals surface area contributed by atoms with Gasteiger partial charge in [-0.2, -0.15) is 0 Å². The number of aromatic nitrogens is 2. The van der Waals surface area contributed by atoms with Gasteiger partial charge >= 0.3 is 0 Å². The van der Waals surface area contributed by atoms with Gasteiger partial charge < -0.3 is 4.40 Å². The molecule has 90 valence electrons. The van der Waals surface area contributed by atoms with E-state index in [9.17, 15) is 0 Å². The van der Waals surface area contributed by atoms with Crippen molar-refractivity contribution >= 4 is 21.6 Å². The molecule has 0 bridgehead atoms. The van der Waals surface area contributed by atoms with Gasteiger partial charge in [-0.25, -0.2) is 4.98 Å². The van der Waals surface area contributed by atoms with Gasteiger partial charge in [0.25, 0.3) is 0 Å². The molecule has 2 nitrogen and oxygen atoms in total. The van der Waals surface area contributed by atoms with Crippen LogP contribution in [0.3, 0.4) is 0 Å². The summed E-state index contributed by atoms with van der Waals surface area (Å²) in [4.78, 5) is 4.66. The summed E-state index contributed by atoms with van der Waals surface area (Å²) < 4.78 is 3.10. The minimum atomic E-state index is 0.966. The Morgan fingerprint density at radius 2 is 1.89 bits per heavy atom. The van der Waals surface area contributed by atoms with Crippen molar-refractivity contribution < 1.29 is 0 Å². The molecule has 3 aromatic rings. The van der Waals surface area contributed by atoms with Crippen LogP contribution in [-0.4, -0.2) is 9.38 Å². The highest BCUT2D eigenvalue weighted by atomic mass is 79.9. The van der Waals surface area contributed by atoms with Crippen molar-refractivity contribution in [2.45, 2.75) is 13.8 Å². The Morgan fingerprint density at radius 1 is 1.06 bits per heavy atom. The molecule has 2 heterocycles. The fourth-order valence-corrected chi connectivity index (χ4v) is 2.55. The van der Waals surface area contributed by atoms with E-state index in [1.807, 2.05) is 22.7 Å². The predicted molar refractivity (Wildman–Crippen MR) is 77.8 cm³/mol.